The van der Waals surface area contributed by atoms with Crippen LogP contribution in [0, 0.1) is 23.7 Å². The van der Waals surface area contributed by atoms with E-state index in [0.29, 0.717) is 5.13 Å². The highest BCUT2D eigenvalue weighted by atomic mass is 32.1. The van der Waals surface area contributed by atoms with Crippen LogP contribution >= 0.6 is 11.3 Å². The van der Waals surface area contributed by atoms with Crippen molar-refractivity contribution in [3.05, 3.63) is 17.7 Å². The van der Waals surface area contributed by atoms with Crippen LogP contribution in [0.3, 0.4) is 0 Å². The van der Waals surface area contributed by atoms with Crippen LogP contribution in [0.2, 0.25) is 0 Å². The number of amides is 4. The van der Waals surface area contributed by atoms with Crippen LogP contribution in [-0.2, 0) is 9.59 Å². The largest absolute Gasteiger partial charge is 0.322 e. The van der Waals surface area contributed by atoms with Gasteiger partial charge in [-0.1, -0.05) is 23.5 Å². The fraction of sp³-hybridized carbons (Fsp3) is 0.533. The average Bonchev–Trinajstić information content (AvgIpc) is 3.16. The van der Waals surface area contributed by atoms with Gasteiger partial charge in [-0.2, -0.15) is 0 Å². The van der Waals surface area contributed by atoms with E-state index in [1.807, 2.05) is 0 Å². The van der Waals surface area contributed by atoms with Crippen molar-refractivity contribution in [1.82, 2.24) is 20.4 Å². The Morgan fingerprint density at radius 2 is 1.88 bits per heavy atom. The molecule has 5 rings (SSSR count). The molecule has 1 aromatic rings. The van der Waals surface area contributed by atoms with Gasteiger partial charge in [-0.15, -0.1) is 10.2 Å². The molecule has 2 bridgehead atoms. The zero-order valence-corrected chi connectivity index (χ0v) is 13.8. The number of carbonyl (C=O) groups is 3. The Kier molecular flexibility index (Phi) is 3.60. The minimum Gasteiger partial charge on any atom is -0.317 e. The number of rotatable bonds is 3. The lowest BCUT2D eigenvalue weighted by molar-refractivity contribution is -0.142. The van der Waals surface area contributed by atoms with Crippen LogP contribution in [0.4, 0.5) is 9.93 Å². The fourth-order valence-electron chi connectivity index (χ4n) is 4.09. The zero-order valence-electron chi connectivity index (χ0n) is 13.0. The molecule has 5 atom stereocenters. The Balaban J connectivity index is 1.47. The number of urea groups is 1. The highest BCUT2D eigenvalue weighted by Crippen LogP contribution is 2.49. The topological polar surface area (TPSA) is 104 Å². The van der Waals surface area contributed by atoms with Crippen LogP contribution < -0.4 is 10.6 Å². The molecule has 4 aliphatic rings. The summed E-state index contributed by atoms with van der Waals surface area (Å²) < 4.78 is 0. The van der Waals surface area contributed by atoms with Crippen molar-refractivity contribution in [3.63, 3.8) is 0 Å². The lowest BCUT2D eigenvalue weighted by Gasteiger charge is -2.38. The first-order chi connectivity index (χ1) is 11.6. The van der Waals surface area contributed by atoms with E-state index in [-0.39, 0.29) is 35.5 Å². The number of nitrogens with one attached hydrogen (secondary N) is 2. The first kappa shape index (κ1) is 15.3. The van der Waals surface area contributed by atoms with Gasteiger partial charge in [-0.3, -0.25) is 19.8 Å². The van der Waals surface area contributed by atoms with Crippen LogP contribution in [0.15, 0.2) is 17.7 Å². The van der Waals surface area contributed by atoms with Gasteiger partial charge in [0.1, 0.15) is 11.7 Å². The molecule has 126 valence electrons. The molecule has 4 amide bonds. The summed E-state index contributed by atoms with van der Waals surface area (Å²) in [5.74, 6) is -0.596. The van der Waals surface area contributed by atoms with Gasteiger partial charge < -0.3 is 5.32 Å². The van der Waals surface area contributed by atoms with E-state index < -0.39 is 12.2 Å². The molecule has 0 radical (unpaired) electrons. The zero-order chi connectivity index (χ0) is 16.8. The third-order valence-corrected chi connectivity index (χ3v) is 5.71. The van der Waals surface area contributed by atoms with Crippen LogP contribution in [0.5, 0.6) is 0 Å². The van der Waals surface area contributed by atoms with Crippen molar-refractivity contribution in [2.24, 2.45) is 23.7 Å². The minimum atomic E-state index is -0.706. The quantitative estimate of drug-likeness (QED) is 0.631. The lowest BCUT2D eigenvalue weighted by atomic mass is 9.63. The predicted molar refractivity (Wildman–Crippen MR) is 85.7 cm³/mol. The second-order valence-electron chi connectivity index (χ2n) is 6.41. The van der Waals surface area contributed by atoms with Gasteiger partial charge >= 0.3 is 6.03 Å². The summed E-state index contributed by atoms with van der Waals surface area (Å²) in [6.07, 6.45) is 5.35. The van der Waals surface area contributed by atoms with Gasteiger partial charge in [-0.25, -0.2) is 4.79 Å². The third-order valence-electron chi connectivity index (χ3n) is 5.10. The van der Waals surface area contributed by atoms with Crippen molar-refractivity contribution in [2.45, 2.75) is 25.9 Å². The number of fused-ring (bicyclic) bond motifs is 1. The smallest absolute Gasteiger partial charge is 0.317 e. The van der Waals surface area contributed by atoms with E-state index in [4.69, 9.17) is 0 Å². The van der Waals surface area contributed by atoms with Crippen LogP contribution in [0.25, 0.3) is 0 Å². The second kappa shape index (κ2) is 5.66. The molecule has 0 aromatic carbocycles. The highest BCUT2D eigenvalue weighted by Gasteiger charge is 2.57. The maximum Gasteiger partial charge on any atom is 0.322 e. The maximum absolute atomic E-state index is 12.8. The van der Waals surface area contributed by atoms with E-state index in [9.17, 15) is 14.4 Å². The predicted octanol–water partition coefficient (Wildman–Crippen LogP) is 1.20. The van der Waals surface area contributed by atoms with Crippen LogP contribution in [0.1, 0.15) is 19.8 Å². The van der Waals surface area contributed by atoms with Crippen molar-refractivity contribution < 1.29 is 14.4 Å². The highest BCUT2D eigenvalue weighted by molar-refractivity contribution is 7.13. The Morgan fingerprint density at radius 1 is 1.25 bits per heavy atom. The summed E-state index contributed by atoms with van der Waals surface area (Å²) >= 11 is 1.19. The van der Waals surface area contributed by atoms with Crippen molar-refractivity contribution >= 4 is 34.3 Å². The number of aromatic nitrogens is 2. The average molecular weight is 347 g/mol. The molecule has 24 heavy (non-hydrogen) atoms. The first-order valence-corrected chi connectivity index (χ1v) is 8.83. The Morgan fingerprint density at radius 3 is 2.38 bits per heavy atom. The molecule has 1 aromatic heterocycles. The fourth-order valence-corrected chi connectivity index (χ4v) is 4.53. The summed E-state index contributed by atoms with van der Waals surface area (Å²) in [5.41, 5.74) is 1.50. The molecule has 2 heterocycles. The van der Waals surface area contributed by atoms with Crippen molar-refractivity contribution in [1.29, 1.82) is 0 Å². The summed E-state index contributed by atoms with van der Waals surface area (Å²) in [6, 6.07) is -0.518. The molecular weight excluding hydrogens is 330 g/mol. The first-order valence-electron chi connectivity index (χ1n) is 7.95. The summed E-state index contributed by atoms with van der Waals surface area (Å²) in [5, 5.41) is 12.9. The van der Waals surface area contributed by atoms with Gasteiger partial charge in [0.05, 0.1) is 11.8 Å². The molecule has 2 fully saturated rings. The van der Waals surface area contributed by atoms with E-state index in [1.165, 1.54) is 21.7 Å². The molecule has 0 unspecified atom stereocenters. The van der Waals surface area contributed by atoms with Crippen molar-refractivity contribution in [3.8, 4) is 0 Å². The Bertz CT molecular complexity index is 687. The molecule has 1 saturated heterocycles. The number of hydrogen-bond donors (Lipinski definition) is 2. The number of carbonyl (C=O) groups excluding carboxylic acids is 3. The van der Waals surface area contributed by atoms with Crippen molar-refractivity contribution in [2.75, 3.05) is 5.32 Å². The van der Waals surface area contributed by atoms with E-state index in [1.54, 1.807) is 6.92 Å². The van der Waals surface area contributed by atoms with Gasteiger partial charge in [-0.05, 0) is 31.6 Å². The number of likely N-dealkylation sites (tertiary alicyclic amines) is 1. The van der Waals surface area contributed by atoms with Crippen LogP contribution in [-0.4, -0.2) is 39.1 Å². The summed E-state index contributed by atoms with van der Waals surface area (Å²) in [7, 11) is 0. The molecule has 1 aliphatic heterocycles. The number of nitrogens with zero attached hydrogens (tertiary/aromatic N) is 3. The number of allylic oxidation sites excluding steroid dienone is 2. The van der Waals surface area contributed by atoms with Gasteiger partial charge in [0.25, 0.3) is 0 Å². The van der Waals surface area contributed by atoms with E-state index in [2.05, 4.69) is 33.0 Å². The van der Waals surface area contributed by atoms with Gasteiger partial charge in [0.2, 0.25) is 16.9 Å². The molecule has 1 saturated carbocycles. The Labute approximate surface area is 142 Å². The minimum absolute atomic E-state index is 0.142. The molecular formula is C15H17N5O3S. The third kappa shape index (κ3) is 2.31. The second-order valence-corrected chi connectivity index (χ2v) is 7.24. The molecule has 8 nitrogen and oxygen atoms in total. The van der Waals surface area contributed by atoms with E-state index in [0.717, 1.165) is 12.8 Å². The standard InChI is InChI=1S/C15H17N5O3S/c1-7(17-14(23)18-15-19-16-6-24-15)20-12(21)10-8-2-3-9(5-4-8)11(10)13(20)22/h2-3,6-11H,4-5H2,1H3,(H2,17,18,19,23)/t7-,8+,9+,10-,11-/m1/s1. The van der Waals surface area contributed by atoms with Gasteiger partial charge in [0, 0.05) is 0 Å². The molecule has 9 heteroatoms. The Hall–Kier alpha value is -2.29. The SMILES string of the molecule is C[C@H](NC(=O)Nc1nncs1)N1C(=O)[C@H]2[C@H](C1=O)[C@H]1C=C[C@H]2CC1. The normalized spacial score (nSPS) is 32.0. The number of hydrogen-bond acceptors (Lipinski definition) is 6. The lowest BCUT2D eigenvalue weighted by Crippen LogP contribution is -2.50. The number of anilines is 1. The molecule has 3 aliphatic carbocycles. The summed E-state index contributed by atoms with van der Waals surface area (Å²) in [6.45, 7) is 1.64. The van der Waals surface area contributed by atoms with Gasteiger partial charge in [0.15, 0.2) is 0 Å². The number of imide groups is 1. The maximum atomic E-state index is 12.8. The van der Waals surface area contributed by atoms with E-state index >= 15 is 0 Å². The monoisotopic (exact) mass is 347 g/mol. The molecule has 2 N–H and O–H groups in total. The summed E-state index contributed by atoms with van der Waals surface area (Å²) in [4.78, 5) is 38.7. The molecule has 0 spiro atoms.